The number of carbonyl (C=O) groups excluding carboxylic acids is 2. The topological polar surface area (TPSA) is 131 Å². The van der Waals surface area contributed by atoms with Gasteiger partial charge in [0.15, 0.2) is 0 Å². The molecule has 0 aliphatic carbocycles. The van der Waals surface area contributed by atoms with E-state index in [0.717, 1.165) is 31.9 Å². The Kier molecular flexibility index (Phi) is 7.07. The maximum atomic E-state index is 13.9. The molecule has 3 aliphatic rings. The first-order valence-electron chi connectivity index (χ1n) is 13.0. The molecule has 3 aromatic rings. The van der Waals surface area contributed by atoms with E-state index in [-0.39, 0.29) is 11.6 Å². The van der Waals surface area contributed by atoms with Crippen molar-refractivity contribution in [1.29, 1.82) is 0 Å². The largest absolute Gasteiger partial charge is 0.386 e. The first kappa shape index (κ1) is 26.1. The predicted octanol–water partition coefficient (Wildman–Crippen LogP) is 2.93. The Hall–Kier alpha value is -4.10. The van der Waals surface area contributed by atoms with Gasteiger partial charge in [-0.1, -0.05) is 18.2 Å². The summed E-state index contributed by atoms with van der Waals surface area (Å²) in [6.45, 7) is 3.56. The normalized spacial score (nSPS) is 23.8. The Morgan fingerprint density at radius 3 is 2.33 bits per heavy atom. The number of benzene rings is 2. The van der Waals surface area contributed by atoms with Gasteiger partial charge in [0.25, 0.3) is 11.6 Å². The number of nitro benzene ring substituents is 1. The second kappa shape index (κ2) is 10.8. The minimum absolute atomic E-state index is 0.0697. The van der Waals surface area contributed by atoms with Crippen LogP contribution in [-0.4, -0.2) is 65.1 Å². The highest BCUT2D eigenvalue weighted by Crippen LogP contribution is 2.39. The summed E-state index contributed by atoms with van der Waals surface area (Å²) < 4.78 is 0. The van der Waals surface area contributed by atoms with Crippen LogP contribution in [-0.2, 0) is 9.59 Å². The number of thiophene rings is 1. The van der Waals surface area contributed by atoms with E-state index in [0.29, 0.717) is 16.3 Å². The molecular formula is C28H28N6O5S. The molecule has 2 fully saturated rings. The molecule has 4 heterocycles. The number of amides is 2. The Morgan fingerprint density at radius 2 is 1.68 bits per heavy atom. The predicted molar refractivity (Wildman–Crippen MR) is 152 cm³/mol. The third-order valence-electron chi connectivity index (χ3n) is 7.54. The number of nitrogens with zero attached hydrogens (tertiary/aromatic N) is 4. The van der Waals surface area contributed by atoms with Gasteiger partial charge in [-0.2, -0.15) is 0 Å². The Balaban J connectivity index is 1.31. The zero-order chi connectivity index (χ0) is 27.8. The summed E-state index contributed by atoms with van der Waals surface area (Å²) in [5, 5.41) is 29.2. The number of nitro groups is 1. The molecule has 2 aromatic carbocycles. The number of non-ortho nitro benzene ring substituents is 1. The monoisotopic (exact) mass is 560 g/mol. The van der Waals surface area contributed by atoms with Crippen LogP contribution >= 0.6 is 11.3 Å². The van der Waals surface area contributed by atoms with E-state index in [9.17, 15) is 24.8 Å². The molecule has 1 unspecified atom stereocenters. The first-order chi connectivity index (χ1) is 19.4. The smallest absolute Gasteiger partial charge is 0.269 e. The number of aliphatic hydroxyl groups is 1. The summed E-state index contributed by atoms with van der Waals surface area (Å²) in [6, 6.07) is 15.3. The fraction of sp³-hybridized carbons (Fsp3) is 0.286. The summed E-state index contributed by atoms with van der Waals surface area (Å²) in [5.41, 5.74) is 5.11. The highest BCUT2D eigenvalue weighted by molar-refractivity contribution is 7.10. The van der Waals surface area contributed by atoms with Gasteiger partial charge in [0.05, 0.1) is 22.6 Å². The molecule has 1 aromatic heterocycles. The van der Waals surface area contributed by atoms with Crippen LogP contribution in [0.4, 0.5) is 22.7 Å². The van der Waals surface area contributed by atoms with Crippen molar-refractivity contribution >= 4 is 45.9 Å². The molecular weight excluding hydrogens is 532 g/mol. The lowest BCUT2D eigenvalue weighted by Crippen LogP contribution is -2.55. The van der Waals surface area contributed by atoms with Crippen molar-refractivity contribution in [2.75, 3.05) is 41.4 Å². The van der Waals surface area contributed by atoms with Crippen molar-refractivity contribution < 1.29 is 19.6 Å². The number of hydrazine groups is 1. The Morgan fingerprint density at radius 1 is 0.975 bits per heavy atom. The number of rotatable bonds is 7. The van der Waals surface area contributed by atoms with Crippen LogP contribution in [0.1, 0.15) is 11.0 Å². The molecule has 12 heteroatoms. The number of hydrogen-bond donors (Lipinski definition) is 3. The number of anilines is 3. The number of carbonyl (C=O) groups is 2. The highest BCUT2D eigenvalue weighted by Gasteiger charge is 2.54. The summed E-state index contributed by atoms with van der Waals surface area (Å²) in [5.74, 6) is -1.52. The minimum Gasteiger partial charge on any atom is -0.386 e. The number of piperazine rings is 1. The lowest BCUT2D eigenvalue weighted by molar-refractivity contribution is -0.384. The van der Waals surface area contributed by atoms with E-state index in [1.165, 1.54) is 40.5 Å². The number of nitrogens with one attached hydrogen (secondary N) is 2. The van der Waals surface area contributed by atoms with Gasteiger partial charge in [-0.25, -0.2) is 9.91 Å². The van der Waals surface area contributed by atoms with Crippen LogP contribution in [0, 0.1) is 16.0 Å². The van der Waals surface area contributed by atoms with Gasteiger partial charge in [-0.05, 0) is 47.8 Å². The summed E-state index contributed by atoms with van der Waals surface area (Å²) in [6.07, 6.45) is 2.47. The molecule has 40 heavy (non-hydrogen) atoms. The number of imide groups is 1. The van der Waals surface area contributed by atoms with Gasteiger partial charge < -0.3 is 20.7 Å². The van der Waals surface area contributed by atoms with Gasteiger partial charge in [0, 0.05) is 54.6 Å². The van der Waals surface area contributed by atoms with E-state index < -0.39 is 34.9 Å². The van der Waals surface area contributed by atoms with Crippen molar-refractivity contribution in [3.05, 3.63) is 93.2 Å². The number of aliphatic hydroxyl groups excluding tert-OH is 1. The second-order valence-corrected chi connectivity index (χ2v) is 10.9. The molecule has 206 valence electrons. The lowest BCUT2D eigenvalue weighted by Gasteiger charge is -2.40. The third kappa shape index (κ3) is 4.75. The van der Waals surface area contributed by atoms with Crippen LogP contribution in [0.3, 0.4) is 0 Å². The standard InChI is InChI=1S/C28H28N6O5S/c35-26(24-2-1-17-40-24)23-12-11-22-25(33(23)30-18-3-5-21(6-4-18)34(38)39)28(37)32(27(22)36)20-9-7-19(8-10-20)31-15-13-29-14-16-31/h1-12,17,22-23,25-26,29-30,35H,13-16H2/t22?,23-,25+,26+/m1/s1. The van der Waals surface area contributed by atoms with Crippen molar-refractivity contribution in [3.63, 3.8) is 0 Å². The third-order valence-corrected chi connectivity index (χ3v) is 8.48. The van der Waals surface area contributed by atoms with Crippen LogP contribution in [0.25, 0.3) is 0 Å². The summed E-state index contributed by atoms with van der Waals surface area (Å²) in [4.78, 5) is 42.4. The minimum atomic E-state index is -0.974. The van der Waals surface area contributed by atoms with Crippen LogP contribution in [0.2, 0.25) is 0 Å². The SMILES string of the molecule is O=C1C2C=C[C@H]([C@H](O)c3cccs3)N(Nc3ccc([N+](=O)[O-])cc3)[C@@H]2C(=O)N1c1ccc(N2CCNCC2)cc1. The maximum Gasteiger partial charge on any atom is 0.269 e. The molecule has 0 bridgehead atoms. The average molecular weight is 561 g/mol. The molecule has 11 nitrogen and oxygen atoms in total. The summed E-state index contributed by atoms with van der Waals surface area (Å²) >= 11 is 1.39. The Bertz CT molecular complexity index is 1420. The Labute approximate surface area is 234 Å². The van der Waals surface area contributed by atoms with Crippen molar-refractivity contribution in [2.45, 2.75) is 18.2 Å². The fourth-order valence-electron chi connectivity index (χ4n) is 5.50. The number of fused-ring (bicyclic) bond motifs is 1. The van der Waals surface area contributed by atoms with E-state index in [1.54, 1.807) is 29.3 Å². The molecule has 3 N–H and O–H groups in total. The molecule has 2 amide bonds. The zero-order valence-corrected chi connectivity index (χ0v) is 22.2. The summed E-state index contributed by atoms with van der Waals surface area (Å²) in [7, 11) is 0. The van der Waals surface area contributed by atoms with Crippen LogP contribution in [0.15, 0.2) is 78.2 Å². The second-order valence-electron chi connectivity index (χ2n) is 9.89. The van der Waals surface area contributed by atoms with Crippen molar-refractivity contribution in [3.8, 4) is 0 Å². The van der Waals surface area contributed by atoms with E-state index in [1.807, 2.05) is 29.6 Å². The average Bonchev–Trinajstić information content (AvgIpc) is 3.61. The maximum absolute atomic E-state index is 13.9. The molecule has 4 atom stereocenters. The number of hydrogen-bond acceptors (Lipinski definition) is 10. The molecule has 0 spiro atoms. The molecule has 0 radical (unpaired) electrons. The van der Waals surface area contributed by atoms with Crippen LogP contribution < -0.4 is 20.5 Å². The van der Waals surface area contributed by atoms with Crippen molar-refractivity contribution in [2.24, 2.45) is 5.92 Å². The molecule has 3 aliphatic heterocycles. The van der Waals surface area contributed by atoms with Gasteiger partial charge in [0.1, 0.15) is 12.1 Å². The quantitative estimate of drug-likeness (QED) is 0.173. The van der Waals surface area contributed by atoms with Gasteiger partial charge >= 0.3 is 0 Å². The van der Waals surface area contributed by atoms with E-state index in [4.69, 9.17) is 0 Å². The zero-order valence-electron chi connectivity index (χ0n) is 21.4. The fourth-order valence-corrected chi connectivity index (χ4v) is 6.25. The first-order valence-corrected chi connectivity index (χ1v) is 13.9. The van der Waals surface area contributed by atoms with E-state index >= 15 is 0 Å². The molecule has 6 rings (SSSR count). The van der Waals surface area contributed by atoms with E-state index in [2.05, 4.69) is 15.6 Å². The van der Waals surface area contributed by atoms with Crippen LogP contribution in [0.5, 0.6) is 0 Å². The van der Waals surface area contributed by atoms with Gasteiger partial charge in [0.2, 0.25) is 5.91 Å². The lowest BCUT2D eigenvalue weighted by atomic mass is 9.92. The van der Waals surface area contributed by atoms with Gasteiger partial charge in [-0.15, -0.1) is 11.3 Å². The molecule has 0 saturated carbocycles. The van der Waals surface area contributed by atoms with Gasteiger partial charge in [-0.3, -0.25) is 19.7 Å². The molecule has 2 saturated heterocycles. The highest BCUT2D eigenvalue weighted by atomic mass is 32.1. The van der Waals surface area contributed by atoms with Crippen molar-refractivity contribution in [1.82, 2.24) is 10.3 Å².